The molecule has 0 spiro atoms. The second-order valence-corrected chi connectivity index (χ2v) is 6.52. The van der Waals surface area contributed by atoms with Gasteiger partial charge in [0.15, 0.2) is 0 Å². The van der Waals surface area contributed by atoms with Crippen molar-refractivity contribution in [3.8, 4) is 0 Å². The molecule has 0 N–H and O–H groups in total. The Bertz CT molecular complexity index is 229. The molecule has 1 fully saturated rings. The second-order valence-electron chi connectivity index (χ2n) is 4.84. The number of hydrogen-bond donors (Lipinski definition) is 0. The van der Waals surface area contributed by atoms with Crippen molar-refractivity contribution in [2.45, 2.75) is 44.0 Å². The Morgan fingerprint density at radius 3 is 2.36 bits per heavy atom. The van der Waals surface area contributed by atoms with Crippen LogP contribution < -0.4 is 0 Å². The quantitative estimate of drug-likeness (QED) is 0.681. The summed E-state index contributed by atoms with van der Waals surface area (Å²) in [5.74, 6) is 0. The Morgan fingerprint density at radius 1 is 1.50 bits per heavy atom. The van der Waals surface area contributed by atoms with E-state index in [9.17, 15) is 4.79 Å². The van der Waals surface area contributed by atoms with Gasteiger partial charge in [-0.2, -0.15) is 0 Å². The van der Waals surface area contributed by atoms with Crippen LogP contribution in [0.15, 0.2) is 0 Å². The first-order valence-electron chi connectivity index (χ1n) is 4.93. The lowest BCUT2D eigenvalue weighted by atomic mass is 9.98. The van der Waals surface area contributed by atoms with Crippen LogP contribution in [0.4, 0.5) is 4.79 Å². The highest BCUT2D eigenvalue weighted by atomic mass is 79.9. The summed E-state index contributed by atoms with van der Waals surface area (Å²) in [5.41, 5.74) is -0.395. The van der Waals surface area contributed by atoms with E-state index in [-0.39, 0.29) is 10.4 Å². The lowest BCUT2D eigenvalue weighted by molar-refractivity contribution is 0.00511. The van der Waals surface area contributed by atoms with E-state index in [1.165, 1.54) is 0 Å². The molecule has 0 radical (unpaired) electrons. The summed E-state index contributed by atoms with van der Waals surface area (Å²) in [7, 11) is 0. The van der Waals surface area contributed by atoms with Crippen LogP contribution in [0.25, 0.3) is 0 Å². The molecular formula is C10H18BrNO2. The highest BCUT2D eigenvalue weighted by Gasteiger charge is 2.43. The van der Waals surface area contributed by atoms with Crippen molar-refractivity contribution in [3.63, 3.8) is 0 Å². The van der Waals surface area contributed by atoms with Crippen molar-refractivity contribution in [1.29, 1.82) is 0 Å². The van der Waals surface area contributed by atoms with Crippen LogP contribution in [-0.4, -0.2) is 34.0 Å². The Labute approximate surface area is 93.9 Å². The zero-order chi connectivity index (χ0) is 11.0. The molecule has 0 aromatic heterocycles. The fraction of sp³-hybridized carbons (Fsp3) is 0.900. The molecule has 1 rings (SSSR count). The number of rotatable bonds is 1. The van der Waals surface area contributed by atoms with Gasteiger partial charge in [0.25, 0.3) is 0 Å². The van der Waals surface area contributed by atoms with E-state index in [0.29, 0.717) is 0 Å². The van der Waals surface area contributed by atoms with Crippen LogP contribution in [0.1, 0.15) is 34.1 Å². The SMILES string of the molecule is CCC1(Br)CN(C(=O)OC(C)(C)C)C1. The Balaban J connectivity index is 2.37. The number of alkyl halides is 1. The van der Waals surface area contributed by atoms with Gasteiger partial charge in [0.2, 0.25) is 0 Å². The fourth-order valence-electron chi connectivity index (χ4n) is 1.32. The molecule has 4 heteroatoms. The minimum absolute atomic E-state index is 0.129. The third-order valence-corrected chi connectivity index (χ3v) is 3.30. The maximum absolute atomic E-state index is 11.5. The number of nitrogens with zero attached hydrogens (tertiary/aromatic N) is 1. The largest absolute Gasteiger partial charge is 0.444 e. The fourth-order valence-corrected chi connectivity index (χ4v) is 1.92. The molecule has 0 bridgehead atoms. The third-order valence-electron chi connectivity index (χ3n) is 2.23. The Hall–Kier alpha value is -0.250. The maximum Gasteiger partial charge on any atom is 0.410 e. The molecule has 0 aliphatic carbocycles. The van der Waals surface area contributed by atoms with Crippen LogP contribution in [-0.2, 0) is 4.74 Å². The van der Waals surface area contributed by atoms with E-state index in [1.54, 1.807) is 4.90 Å². The van der Waals surface area contributed by atoms with Gasteiger partial charge in [0.05, 0.1) is 4.32 Å². The van der Waals surface area contributed by atoms with Gasteiger partial charge >= 0.3 is 6.09 Å². The van der Waals surface area contributed by atoms with Gasteiger partial charge in [0.1, 0.15) is 5.60 Å². The van der Waals surface area contributed by atoms with Crippen LogP contribution in [0.5, 0.6) is 0 Å². The first-order chi connectivity index (χ1) is 6.26. The highest BCUT2D eigenvalue weighted by Crippen LogP contribution is 2.34. The molecule has 1 amide bonds. The molecule has 14 heavy (non-hydrogen) atoms. The van der Waals surface area contributed by atoms with Crippen LogP contribution in [0.2, 0.25) is 0 Å². The number of amides is 1. The van der Waals surface area contributed by atoms with Crippen molar-refractivity contribution in [2.75, 3.05) is 13.1 Å². The Kier molecular flexibility index (Phi) is 3.14. The molecular weight excluding hydrogens is 246 g/mol. The average Bonchev–Trinajstić information content (AvgIpc) is 1.95. The van der Waals surface area contributed by atoms with Gasteiger partial charge in [-0.1, -0.05) is 22.9 Å². The predicted molar refractivity (Wildman–Crippen MR) is 59.8 cm³/mol. The number of ether oxygens (including phenoxy) is 1. The van der Waals surface area contributed by atoms with Gasteiger partial charge in [-0.05, 0) is 27.2 Å². The second kappa shape index (κ2) is 3.72. The Morgan fingerprint density at radius 2 is 2.00 bits per heavy atom. The van der Waals surface area contributed by atoms with Gasteiger partial charge in [-0.15, -0.1) is 0 Å². The molecule has 0 unspecified atom stereocenters. The molecule has 0 aromatic carbocycles. The zero-order valence-corrected chi connectivity index (χ0v) is 10.8. The summed E-state index contributed by atoms with van der Waals surface area (Å²) in [6, 6.07) is 0. The topological polar surface area (TPSA) is 29.5 Å². The molecule has 1 heterocycles. The summed E-state index contributed by atoms with van der Waals surface area (Å²) >= 11 is 3.61. The van der Waals surface area contributed by atoms with Crippen LogP contribution in [0, 0.1) is 0 Å². The molecule has 1 saturated heterocycles. The van der Waals surface area contributed by atoms with E-state index in [2.05, 4.69) is 22.9 Å². The smallest absolute Gasteiger partial charge is 0.410 e. The average molecular weight is 264 g/mol. The lowest BCUT2D eigenvalue weighted by Crippen LogP contribution is -2.60. The van der Waals surface area contributed by atoms with E-state index in [1.807, 2.05) is 20.8 Å². The first-order valence-corrected chi connectivity index (χ1v) is 5.72. The normalized spacial score (nSPS) is 20.2. The summed E-state index contributed by atoms with van der Waals surface area (Å²) in [6.07, 6.45) is 0.827. The van der Waals surface area contributed by atoms with E-state index < -0.39 is 5.60 Å². The number of carbonyl (C=O) groups is 1. The summed E-state index contributed by atoms with van der Waals surface area (Å²) < 4.78 is 5.37. The van der Waals surface area contributed by atoms with Crippen molar-refractivity contribution in [3.05, 3.63) is 0 Å². The van der Waals surface area contributed by atoms with E-state index >= 15 is 0 Å². The van der Waals surface area contributed by atoms with Gasteiger partial charge in [0, 0.05) is 13.1 Å². The van der Waals surface area contributed by atoms with Gasteiger partial charge in [-0.25, -0.2) is 4.79 Å². The molecule has 0 saturated carbocycles. The minimum atomic E-state index is -0.395. The van der Waals surface area contributed by atoms with Crippen molar-refractivity contribution in [2.24, 2.45) is 0 Å². The van der Waals surface area contributed by atoms with Gasteiger partial charge < -0.3 is 9.64 Å². The number of likely N-dealkylation sites (tertiary alicyclic amines) is 1. The standard InChI is InChI=1S/C10H18BrNO2/c1-5-10(11)6-12(7-10)8(13)14-9(2,3)4/h5-7H2,1-4H3. The maximum atomic E-state index is 11.5. The number of hydrogen-bond acceptors (Lipinski definition) is 2. The predicted octanol–water partition coefficient (Wildman–Crippen LogP) is 2.78. The molecule has 1 aliphatic rings. The van der Waals surface area contributed by atoms with Crippen molar-refractivity contribution < 1.29 is 9.53 Å². The highest BCUT2D eigenvalue weighted by molar-refractivity contribution is 9.10. The van der Waals surface area contributed by atoms with Crippen LogP contribution >= 0.6 is 15.9 Å². The summed E-state index contributed by atoms with van der Waals surface area (Å²) in [5, 5.41) is 0. The van der Waals surface area contributed by atoms with Crippen molar-refractivity contribution >= 4 is 22.0 Å². The molecule has 0 atom stereocenters. The van der Waals surface area contributed by atoms with Crippen molar-refractivity contribution in [1.82, 2.24) is 4.90 Å². The van der Waals surface area contributed by atoms with E-state index in [0.717, 1.165) is 19.5 Å². The molecule has 0 aromatic rings. The molecule has 82 valence electrons. The number of halogens is 1. The van der Waals surface area contributed by atoms with E-state index in [4.69, 9.17) is 4.74 Å². The number of carbonyl (C=O) groups excluding carboxylic acids is 1. The summed E-state index contributed by atoms with van der Waals surface area (Å²) in [6.45, 7) is 9.25. The molecule has 1 aliphatic heterocycles. The first kappa shape index (κ1) is 11.8. The third kappa shape index (κ3) is 2.87. The van der Waals surface area contributed by atoms with Gasteiger partial charge in [-0.3, -0.25) is 0 Å². The monoisotopic (exact) mass is 263 g/mol. The molecule has 3 nitrogen and oxygen atoms in total. The minimum Gasteiger partial charge on any atom is -0.444 e. The zero-order valence-electron chi connectivity index (χ0n) is 9.26. The van der Waals surface area contributed by atoms with Crippen LogP contribution in [0.3, 0.4) is 0 Å². The lowest BCUT2D eigenvalue weighted by Gasteiger charge is -2.45. The summed E-state index contributed by atoms with van der Waals surface area (Å²) in [4.78, 5) is 13.3.